The summed E-state index contributed by atoms with van der Waals surface area (Å²) in [7, 11) is 0. The van der Waals surface area contributed by atoms with Crippen molar-refractivity contribution in [2.75, 3.05) is 0 Å². The highest BCUT2D eigenvalue weighted by Crippen LogP contribution is 2.29. The first kappa shape index (κ1) is 10.2. The molecule has 0 saturated carbocycles. The van der Waals surface area contributed by atoms with Crippen LogP contribution in [-0.2, 0) is 11.2 Å². The van der Waals surface area contributed by atoms with Crippen LogP contribution in [0.4, 0.5) is 0 Å². The van der Waals surface area contributed by atoms with Crippen molar-refractivity contribution in [3.8, 4) is 0 Å². The maximum atomic E-state index is 11.5. The first-order chi connectivity index (χ1) is 7.31. The summed E-state index contributed by atoms with van der Waals surface area (Å²) in [5.74, 6) is 0.143. The summed E-state index contributed by atoms with van der Waals surface area (Å²) in [5, 5.41) is 3.01. The van der Waals surface area contributed by atoms with E-state index in [0.717, 1.165) is 25.3 Å². The minimum Gasteiger partial charge on any atom is -0.344 e. The van der Waals surface area contributed by atoms with Crippen LogP contribution in [0.3, 0.4) is 0 Å². The average Bonchev–Trinajstić information content (AvgIpc) is 2.62. The third-order valence-electron chi connectivity index (χ3n) is 2.75. The highest BCUT2D eigenvalue weighted by Gasteiger charge is 2.23. The first-order valence-corrected chi connectivity index (χ1v) is 5.55. The van der Waals surface area contributed by atoms with Crippen molar-refractivity contribution in [2.24, 2.45) is 0 Å². The molecule has 0 bridgehead atoms. The van der Waals surface area contributed by atoms with E-state index in [-0.39, 0.29) is 5.91 Å². The zero-order valence-corrected chi connectivity index (χ0v) is 9.05. The molecule has 1 amide bonds. The van der Waals surface area contributed by atoms with Crippen molar-refractivity contribution in [2.45, 2.75) is 32.6 Å². The van der Waals surface area contributed by atoms with Crippen LogP contribution >= 0.6 is 0 Å². The lowest BCUT2D eigenvalue weighted by molar-refractivity contribution is -0.120. The van der Waals surface area contributed by atoms with E-state index >= 15 is 0 Å². The smallest absolute Gasteiger partial charge is 0.220 e. The van der Waals surface area contributed by atoms with Crippen LogP contribution in [0.5, 0.6) is 0 Å². The second-order valence-corrected chi connectivity index (χ2v) is 3.93. The van der Waals surface area contributed by atoms with Crippen molar-refractivity contribution in [1.82, 2.24) is 5.32 Å². The molecule has 2 heteroatoms. The number of nitrogens with one attached hydrogen (secondary N) is 1. The van der Waals surface area contributed by atoms with Gasteiger partial charge in [-0.25, -0.2) is 0 Å². The summed E-state index contributed by atoms with van der Waals surface area (Å²) in [6, 6.07) is 9.40. The topological polar surface area (TPSA) is 29.1 Å². The molecule has 0 aromatic heterocycles. The molecule has 0 spiro atoms. The van der Waals surface area contributed by atoms with Crippen LogP contribution in [0.2, 0.25) is 0 Å². The number of benzene rings is 1. The van der Waals surface area contributed by atoms with Gasteiger partial charge in [0, 0.05) is 6.42 Å². The van der Waals surface area contributed by atoms with Gasteiger partial charge in [0.05, 0.1) is 6.04 Å². The lowest BCUT2D eigenvalue weighted by Gasteiger charge is -2.12. The van der Waals surface area contributed by atoms with E-state index in [0.29, 0.717) is 6.42 Å². The lowest BCUT2D eigenvalue weighted by atomic mass is 10.1. The Bertz CT molecular complexity index is 359. The van der Waals surface area contributed by atoms with E-state index in [1.165, 1.54) is 11.1 Å². The van der Waals surface area contributed by atoms with E-state index in [2.05, 4.69) is 23.5 Å². The number of hydrogen-bond donors (Lipinski definition) is 1. The monoisotopic (exact) mass is 202 g/mol. The van der Waals surface area contributed by atoms with E-state index < -0.39 is 0 Å². The van der Waals surface area contributed by atoms with Crippen molar-refractivity contribution < 1.29 is 4.79 Å². The fourth-order valence-electron chi connectivity index (χ4n) is 2.01. The van der Waals surface area contributed by atoms with Gasteiger partial charge in [0.2, 0.25) is 5.91 Å². The third-order valence-corrected chi connectivity index (χ3v) is 2.75. The van der Waals surface area contributed by atoms with E-state index in [1.54, 1.807) is 0 Å². The molecule has 1 radical (unpaired) electrons. The summed E-state index contributed by atoms with van der Waals surface area (Å²) in [4.78, 5) is 11.5. The van der Waals surface area contributed by atoms with Crippen molar-refractivity contribution in [3.05, 3.63) is 41.4 Å². The Morgan fingerprint density at radius 3 is 2.93 bits per heavy atom. The second-order valence-electron chi connectivity index (χ2n) is 3.93. The lowest BCUT2D eigenvalue weighted by Crippen LogP contribution is -2.27. The Hall–Kier alpha value is -1.31. The minimum absolute atomic E-state index is 0.143. The van der Waals surface area contributed by atoms with Crippen LogP contribution in [0.15, 0.2) is 24.3 Å². The Morgan fingerprint density at radius 2 is 2.13 bits per heavy atom. The Balaban J connectivity index is 2.04. The number of carbonyl (C=O) groups is 1. The van der Waals surface area contributed by atoms with E-state index in [4.69, 9.17) is 0 Å². The summed E-state index contributed by atoms with van der Waals surface area (Å²) in [5.41, 5.74) is 2.58. The Kier molecular flexibility index (Phi) is 3.05. The van der Waals surface area contributed by atoms with Gasteiger partial charge >= 0.3 is 0 Å². The van der Waals surface area contributed by atoms with Gasteiger partial charge in [0.15, 0.2) is 0 Å². The molecule has 0 fully saturated rings. The SMILES string of the molecule is CCCC(=O)N[C]1CCc2ccccc21. The molecule has 79 valence electrons. The van der Waals surface area contributed by atoms with Gasteiger partial charge < -0.3 is 5.32 Å². The highest BCUT2D eigenvalue weighted by molar-refractivity contribution is 5.78. The maximum absolute atomic E-state index is 11.5. The van der Waals surface area contributed by atoms with Crippen LogP contribution < -0.4 is 5.32 Å². The van der Waals surface area contributed by atoms with Gasteiger partial charge in [-0.1, -0.05) is 31.2 Å². The van der Waals surface area contributed by atoms with E-state index in [9.17, 15) is 4.79 Å². The van der Waals surface area contributed by atoms with Crippen molar-refractivity contribution in [1.29, 1.82) is 0 Å². The third kappa shape index (κ3) is 2.20. The van der Waals surface area contributed by atoms with Gasteiger partial charge in [-0.2, -0.15) is 0 Å². The molecule has 1 N–H and O–H groups in total. The zero-order valence-electron chi connectivity index (χ0n) is 9.05. The predicted molar refractivity (Wildman–Crippen MR) is 60.2 cm³/mol. The average molecular weight is 202 g/mol. The number of carbonyl (C=O) groups excluding carboxylic acids is 1. The molecule has 0 aliphatic heterocycles. The van der Waals surface area contributed by atoms with Gasteiger partial charge in [0.25, 0.3) is 0 Å². The summed E-state index contributed by atoms with van der Waals surface area (Å²) in [6.07, 6.45) is 3.54. The molecule has 0 atom stereocenters. The highest BCUT2D eigenvalue weighted by atomic mass is 16.1. The van der Waals surface area contributed by atoms with E-state index in [1.807, 2.05) is 13.0 Å². The normalized spacial score (nSPS) is 15.0. The molecule has 1 aromatic carbocycles. The van der Waals surface area contributed by atoms with Crippen molar-refractivity contribution in [3.63, 3.8) is 0 Å². The van der Waals surface area contributed by atoms with Crippen LogP contribution in [0.1, 0.15) is 37.3 Å². The Morgan fingerprint density at radius 1 is 1.33 bits per heavy atom. The standard InChI is InChI=1S/C13H16NO/c1-2-5-13(15)14-12-9-8-10-6-3-4-7-11(10)12/h3-4,6-7H,2,5,8-9H2,1H3,(H,14,15). The molecule has 0 heterocycles. The molecule has 15 heavy (non-hydrogen) atoms. The van der Waals surface area contributed by atoms with Gasteiger partial charge in [-0.05, 0) is 30.4 Å². The summed E-state index contributed by atoms with van der Waals surface area (Å²) < 4.78 is 0. The number of aryl methyl sites for hydroxylation is 1. The number of amides is 1. The molecule has 1 aliphatic rings. The first-order valence-electron chi connectivity index (χ1n) is 5.55. The number of fused-ring (bicyclic) bond motifs is 1. The zero-order chi connectivity index (χ0) is 10.7. The number of rotatable bonds is 3. The summed E-state index contributed by atoms with van der Waals surface area (Å²) in [6.45, 7) is 2.02. The molecule has 0 unspecified atom stereocenters. The maximum Gasteiger partial charge on any atom is 0.220 e. The van der Waals surface area contributed by atoms with Gasteiger partial charge in [-0.3, -0.25) is 4.79 Å². The molecule has 1 aliphatic carbocycles. The number of hydrogen-bond acceptors (Lipinski definition) is 1. The molecule has 2 rings (SSSR count). The molecular formula is C13H16NO. The predicted octanol–water partition coefficient (Wildman–Crippen LogP) is 2.43. The quantitative estimate of drug-likeness (QED) is 0.801. The van der Waals surface area contributed by atoms with Crippen LogP contribution in [-0.4, -0.2) is 5.91 Å². The second kappa shape index (κ2) is 4.47. The van der Waals surface area contributed by atoms with Gasteiger partial charge in [0.1, 0.15) is 0 Å². The van der Waals surface area contributed by atoms with Crippen LogP contribution in [0.25, 0.3) is 0 Å². The minimum atomic E-state index is 0.143. The van der Waals surface area contributed by atoms with Gasteiger partial charge in [-0.15, -0.1) is 0 Å². The molecular weight excluding hydrogens is 186 g/mol. The van der Waals surface area contributed by atoms with Crippen molar-refractivity contribution >= 4 is 5.91 Å². The molecule has 0 saturated heterocycles. The fraction of sp³-hybridized carbons (Fsp3) is 0.385. The summed E-state index contributed by atoms with van der Waals surface area (Å²) >= 11 is 0. The molecule has 2 nitrogen and oxygen atoms in total. The van der Waals surface area contributed by atoms with Crippen LogP contribution in [0, 0.1) is 6.04 Å². The fourth-order valence-corrected chi connectivity index (χ4v) is 2.01. The molecule has 1 aromatic rings. The Labute approximate surface area is 90.7 Å². The largest absolute Gasteiger partial charge is 0.344 e.